The Bertz CT molecular complexity index is 1660. The van der Waals surface area contributed by atoms with Gasteiger partial charge < -0.3 is 59.4 Å². The molecule has 0 unspecified atom stereocenters. The number of hydrogen-bond donors (Lipinski definition) is 7. The monoisotopic (exact) mass is 822 g/mol. The van der Waals surface area contributed by atoms with Crippen LogP contribution in [0.1, 0.15) is 106 Å². The normalized spacial score (nSPS) is 52.6. The zero-order valence-electron chi connectivity index (χ0n) is 35.1. The number of allylic oxidation sites excluding steroid dienone is 2. The van der Waals surface area contributed by atoms with Crippen LogP contribution in [0.3, 0.4) is 0 Å². The van der Waals surface area contributed by atoms with Crippen LogP contribution in [0, 0.1) is 50.2 Å². The van der Waals surface area contributed by atoms with Gasteiger partial charge in [-0.15, -0.1) is 0 Å². The first-order valence-electron chi connectivity index (χ1n) is 21.1. The van der Waals surface area contributed by atoms with E-state index < -0.39 is 96.3 Å². The summed E-state index contributed by atoms with van der Waals surface area (Å²) in [7, 11) is 1.45. The highest BCUT2D eigenvalue weighted by molar-refractivity contribution is 5.95. The van der Waals surface area contributed by atoms with Gasteiger partial charge in [-0.3, -0.25) is 9.59 Å². The number of methoxy groups -OCH3 is 1. The van der Waals surface area contributed by atoms with Crippen LogP contribution in [0.25, 0.3) is 0 Å². The molecule has 0 amide bonds. The van der Waals surface area contributed by atoms with E-state index in [1.165, 1.54) is 12.7 Å². The zero-order valence-corrected chi connectivity index (χ0v) is 35.1. The van der Waals surface area contributed by atoms with E-state index in [1.54, 1.807) is 0 Å². The lowest BCUT2D eigenvalue weighted by Crippen LogP contribution is -2.67. The van der Waals surface area contributed by atoms with Crippen molar-refractivity contribution in [2.24, 2.45) is 50.2 Å². The summed E-state index contributed by atoms with van der Waals surface area (Å²) in [6.07, 6.45) is -8.74. The Hall–Kier alpha value is -2.05. The largest absolute Gasteiger partial charge is 0.479 e. The van der Waals surface area contributed by atoms with E-state index in [2.05, 4.69) is 41.5 Å². The Morgan fingerprint density at radius 2 is 1.43 bits per heavy atom. The topological polar surface area (TPSA) is 239 Å². The number of carbonyl (C=O) groups excluding carboxylic acids is 2. The van der Waals surface area contributed by atoms with E-state index in [-0.39, 0.29) is 45.8 Å². The van der Waals surface area contributed by atoms with Gasteiger partial charge in [-0.25, -0.2) is 4.79 Å². The average molecular weight is 823 g/mol. The Morgan fingerprint density at radius 1 is 0.793 bits per heavy atom. The molecule has 5 aliphatic carbocycles. The number of carboxylic acids is 1. The molecular formula is C43H66O15. The van der Waals surface area contributed by atoms with E-state index >= 15 is 0 Å². The van der Waals surface area contributed by atoms with Gasteiger partial charge >= 0.3 is 11.9 Å². The third-order valence-electron chi connectivity index (χ3n) is 17.4. The van der Waals surface area contributed by atoms with Gasteiger partial charge in [0.05, 0.1) is 25.2 Å². The van der Waals surface area contributed by atoms with Crippen molar-refractivity contribution < 1.29 is 73.8 Å². The Kier molecular flexibility index (Phi) is 11.2. The second-order valence-corrected chi connectivity index (χ2v) is 20.8. The number of carbonyl (C=O) groups is 3. The summed E-state index contributed by atoms with van der Waals surface area (Å²) in [4.78, 5) is 39.6. The number of hydrogen-bond acceptors (Lipinski definition) is 14. The smallest absolute Gasteiger partial charge is 0.335 e. The number of aliphatic hydroxyl groups excluding tert-OH is 6. The van der Waals surface area contributed by atoms with E-state index in [9.17, 15) is 50.1 Å². The fourth-order valence-electron chi connectivity index (χ4n) is 13.6. The van der Waals surface area contributed by atoms with Crippen LogP contribution in [0.4, 0.5) is 0 Å². The summed E-state index contributed by atoms with van der Waals surface area (Å²) >= 11 is 0. The lowest BCUT2D eigenvalue weighted by atomic mass is 9.33. The molecule has 0 bridgehead atoms. The van der Waals surface area contributed by atoms with Crippen molar-refractivity contribution in [1.29, 1.82) is 0 Å². The van der Waals surface area contributed by atoms with Gasteiger partial charge in [-0.05, 0) is 110 Å². The average Bonchev–Trinajstić information content (AvgIpc) is 3.16. The van der Waals surface area contributed by atoms with Crippen LogP contribution in [-0.2, 0) is 38.1 Å². The van der Waals surface area contributed by atoms with Crippen molar-refractivity contribution in [3.05, 3.63) is 11.6 Å². The van der Waals surface area contributed by atoms with E-state index in [0.717, 1.165) is 38.5 Å². The summed E-state index contributed by atoms with van der Waals surface area (Å²) < 4.78 is 28.7. The number of ketones is 1. The van der Waals surface area contributed by atoms with E-state index in [1.807, 2.05) is 13.0 Å². The van der Waals surface area contributed by atoms with Crippen LogP contribution in [0.5, 0.6) is 0 Å². The van der Waals surface area contributed by atoms with Gasteiger partial charge in [0.1, 0.15) is 42.7 Å². The molecule has 7 N–H and O–H groups in total. The van der Waals surface area contributed by atoms with Crippen molar-refractivity contribution in [1.82, 2.24) is 0 Å². The van der Waals surface area contributed by atoms with E-state index in [0.29, 0.717) is 19.3 Å². The highest BCUT2D eigenvalue weighted by Gasteiger charge is 2.71. The maximum atomic E-state index is 14.9. The van der Waals surface area contributed by atoms with Gasteiger partial charge in [-0.2, -0.15) is 0 Å². The summed E-state index contributed by atoms with van der Waals surface area (Å²) in [6.45, 7) is 14.8. The first-order valence-corrected chi connectivity index (χ1v) is 21.1. The molecule has 2 heterocycles. The molecule has 0 aromatic heterocycles. The SMILES string of the molecule is COC(=O)[C@@]1(C)CC[C@]2(C)CC[C@]3(C)C(=CC(=O)[C@@H]4[C@@]5(C)CC[C@H](O[C@H]6O[C@H](CO)[C@@H](O[C@@H]7O[C@H](C(=O)O)[C@@H](O)[C@H](O)[C@H]7O)[C@H](O)[C@H]6O)C(C)(C)[C@@H]5CC[C@]43C)[C@H]2C1. The van der Waals surface area contributed by atoms with Gasteiger partial charge in [0, 0.05) is 5.92 Å². The minimum Gasteiger partial charge on any atom is -0.479 e. The second-order valence-electron chi connectivity index (χ2n) is 20.8. The van der Waals surface area contributed by atoms with Gasteiger partial charge in [0.2, 0.25) is 0 Å². The standard InChI is InChI=1S/C43H66O15/c1-38(2)24-9-12-43(7)33(22(45)17-20-21-18-40(4,37(53)54-8)14-13-39(21,3)15-16-42(20,43)6)41(24,5)11-10-25(38)56-35-30(50)28(48)31(23(19-44)55-35)57-36-29(49)26(46)27(47)32(58-36)34(51)52/h17,21,23-33,35-36,44,46-50H,9-16,18-19H2,1-8H3,(H,51,52)/t21-,23-,24+,25+,26+,27+,28-,29-,30-,31-,32+,33-,35-,36-,39-,40+,41+,42-,43-/m1/s1. The van der Waals surface area contributed by atoms with Gasteiger partial charge in [-0.1, -0.05) is 47.1 Å². The molecule has 2 saturated heterocycles. The molecule has 4 saturated carbocycles. The quantitative estimate of drug-likeness (QED) is 0.144. The lowest BCUT2D eigenvalue weighted by molar-refractivity contribution is -0.365. The molecule has 15 heteroatoms. The molecule has 0 aromatic rings. The first kappa shape index (κ1) is 44.0. The third-order valence-corrected chi connectivity index (χ3v) is 17.4. The maximum Gasteiger partial charge on any atom is 0.335 e. The molecule has 19 atom stereocenters. The predicted octanol–water partition coefficient (Wildman–Crippen LogP) is 2.24. The van der Waals surface area contributed by atoms with Crippen molar-refractivity contribution in [2.45, 2.75) is 174 Å². The molecule has 2 aliphatic heterocycles. The number of carboxylic acid groups (broad SMARTS) is 1. The van der Waals surface area contributed by atoms with Crippen LogP contribution in [-0.4, -0.2) is 135 Å². The summed E-state index contributed by atoms with van der Waals surface area (Å²) in [5, 5.41) is 73.2. The Labute approximate surface area is 340 Å². The number of ether oxygens (including phenoxy) is 5. The fourth-order valence-corrected chi connectivity index (χ4v) is 13.6. The molecule has 6 fully saturated rings. The second kappa shape index (κ2) is 14.8. The highest BCUT2D eigenvalue weighted by Crippen LogP contribution is 2.75. The lowest BCUT2D eigenvalue weighted by Gasteiger charge is -2.70. The van der Waals surface area contributed by atoms with Crippen molar-refractivity contribution in [3.8, 4) is 0 Å². The summed E-state index contributed by atoms with van der Waals surface area (Å²) in [5.41, 5.74) is -0.883. The molecule has 58 heavy (non-hydrogen) atoms. The maximum absolute atomic E-state index is 14.9. The van der Waals surface area contributed by atoms with Crippen molar-refractivity contribution in [2.75, 3.05) is 13.7 Å². The third kappa shape index (κ3) is 6.38. The summed E-state index contributed by atoms with van der Waals surface area (Å²) in [6, 6.07) is 0. The minimum atomic E-state index is -1.96. The van der Waals surface area contributed by atoms with Crippen LogP contribution in [0.15, 0.2) is 11.6 Å². The molecule has 0 spiro atoms. The predicted molar refractivity (Wildman–Crippen MR) is 203 cm³/mol. The minimum absolute atomic E-state index is 0.00172. The molecule has 7 aliphatic rings. The van der Waals surface area contributed by atoms with Crippen LogP contribution < -0.4 is 0 Å². The van der Waals surface area contributed by atoms with Crippen LogP contribution in [0.2, 0.25) is 0 Å². The van der Waals surface area contributed by atoms with Crippen molar-refractivity contribution >= 4 is 17.7 Å². The molecule has 7 rings (SSSR count). The number of fused-ring (bicyclic) bond motifs is 7. The highest BCUT2D eigenvalue weighted by atomic mass is 16.7. The van der Waals surface area contributed by atoms with Crippen LogP contribution >= 0.6 is 0 Å². The Morgan fingerprint density at radius 3 is 2.07 bits per heavy atom. The van der Waals surface area contributed by atoms with E-state index in [4.69, 9.17) is 23.7 Å². The Balaban J connectivity index is 1.10. The fraction of sp³-hybridized carbons (Fsp3) is 0.884. The number of aliphatic carboxylic acids is 1. The molecular weight excluding hydrogens is 756 g/mol. The number of rotatable bonds is 7. The molecule has 328 valence electrons. The van der Waals surface area contributed by atoms with Gasteiger partial charge in [0.25, 0.3) is 0 Å². The summed E-state index contributed by atoms with van der Waals surface area (Å²) in [5.74, 6) is -1.77. The zero-order chi connectivity index (χ0) is 42.7. The number of esters is 1. The number of aliphatic hydroxyl groups is 6. The molecule has 0 aromatic carbocycles. The molecule has 15 nitrogen and oxygen atoms in total. The van der Waals surface area contributed by atoms with Crippen molar-refractivity contribution in [3.63, 3.8) is 0 Å². The van der Waals surface area contributed by atoms with Gasteiger partial charge in [0.15, 0.2) is 24.5 Å². The first-order chi connectivity index (χ1) is 26.9. The molecule has 0 radical (unpaired) electrons.